The molecule has 1 heterocycles. The maximum Gasteiger partial charge on any atom is 0.224 e. The number of hydrogen-bond acceptors (Lipinski definition) is 2. The fourth-order valence-corrected chi connectivity index (χ4v) is 2.47. The van der Waals surface area contributed by atoms with Crippen molar-refractivity contribution in [2.24, 2.45) is 0 Å². The van der Waals surface area contributed by atoms with Gasteiger partial charge in [0.1, 0.15) is 0 Å². The smallest absolute Gasteiger partial charge is 0.224 e. The third-order valence-corrected chi connectivity index (χ3v) is 3.40. The highest BCUT2D eigenvalue weighted by atomic mass is 35.5. The van der Waals surface area contributed by atoms with Crippen molar-refractivity contribution >= 4 is 17.5 Å². The standard InChI is InChI=1S/C14H19ClN2O/c15-12-5-3-4-11(8-12)9-14(18)17-13-6-1-2-7-16-10-13/h3-5,8,13,16H,1-2,6-7,9-10H2,(H,17,18). The molecule has 0 saturated carbocycles. The molecule has 3 nitrogen and oxygen atoms in total. The van der Waals surface area contributed by atoms with E-state index in [9.17, 15) is 4.79 Å². The number of rotatable bonds is 3. The molecule has 1 amide bonds. The Morgan fingerprint density at radius 3 is 3.17 bits per heavy atom. The maximum atomic E-state index is 11.9. The van der Waals surface area contributed by atoms with Crippen LogP contribution in [0.5, 0.6) is 0 Å². The van der Waals surface area contributed by atoms with E-state index in [4.69, 9.17) is 11.6 Å². The zero-order valence-electron chi connectivity index (χ0n) is 10.4. The molecule has 1 aliphatic rings. The van der Waals surface area contributed by atoms with Crippen LogP contribution in [0.1, 0.15) is 24.8 Å². The van der Waals surface area contributed by atoms with Crippen molar-refractivity contribution in [3.63, 3.8) is 0 Å². The lowest BCUT2D eigenvalue weighted by molar-refractivity contribution is -0.121. The van der Waals surface area contributed by atoms with Crippen LogP contribution in [-0.4, -0.2) is 25.0 Å². The molecule has 1 fully saturated rings. The zero-order chi connectivity index (χ0) is 12.8. The number of halogens is 1. The average molecular weight is 267 g/mol. The SMILES string of the molecule is O=C(Cc1cccc(Cl)c1)NC1CCCCNC1. The highest BCUT2D eigenvalue weighted by Gasteiger charge is 2.14. The van der Waals surface area contributed by atoms with E-state index in [1.807, 2.05) is 24.3 Å². The number of benzene rings is 1. The van der Waals surface area contributed by atoms with Gasteiger partial charge in [-0.3, -0.25) is 4.79 Å². The monoisotopic (exact) mass is 266 g/mol. The third kappa shape index (κ3) is 4.31. The third-order valence-electron chi connectivity index (χ3n) is 3.17. The Morgan fingerprint density at radius 1 is 1.44 bits per heavy atom. The molecule has 1 aromatic rings. The molecule has 0 bridgehead atoms. The van der Waals surface area contributed by atoms with Crippen LogP contribution in [0.25, 0.3) is 0 Å². The first kappa shape index (κ1) is 13.4. The van der Waals surface area contributed by atoms with E-state index in [0.717, 1.165) is 25.1 Å². The molecular formula is C14H19ClN2O. The van der Waals surface area contributed by atoms with Gasteiger partial charge >= 0.3 is 0 Å². The van der Waals surface area contributed by atoms with E-state index in [0.29, 0.717) is 11.4 Å². The molecule has 0 aromatic heterocycles. The van der Waals surface area contributed by atoms with Crippen molar-refractivity contribution < 1.29 is 4.79 Å². The zero-order valence-corrected chi connectivity index (χ0v) is 11.2. The van der Waals surface area contributed by atoms with Crippen molar-refractivity contribution in [2.75, 3.05) is 13.1 Å². The summed E-state index contributed by atoms with van der Waals surface area (Å²) >= 11 is 5.90. The Balaban J connectivity index is 1.84. The van der Waals surface area contributed by atoms with Gasteiger partial charge in [0, 0.05) is 17.6 Å². The minimum atomic E-state index is 0.0750. The first-order valence-corrected chi connectivity index (χ1v) is 6.86. The first-order valence-electron chi connectivity index (χ1n) is 6.48. The summed E-state index contributed by atoms with van der Waals surface area (Å²) in [6.07, 6.45) is 3.83. The summed E-state index contributed by atoms with van der Waals surface area (Å²) in [7, 11) is 0. The Hall–Kier alpha value is -1.06. The van der Waals surface area contributed by atoms with E-state index in [-0.39, 0.29) is 11.9 Å². The molecule has 0 aliphatic carbocycles. The normalized spacial score (nSPS) is 20.2. The van der Waals surface area contributed by atoms with E-state index < -0.39 is 0 Å². The fraction of sp³-hybridized carbons (Fsp3) is 0.500. The number of carbonyl (C=O) groups is 1. The molecule has 2 rings (SSSR count). The van der Waals surface area contributed by atoms with Crippen LogP contribution in [0, 0.1) is 0 Å². The Bertz CT molecular complexity index is 401. The predicted octanol–water partition coefficient (Wildman–Crippen LogP) is 2.14. The second kappa shape index (κ2) is 6.76. The number of carbonyl (C=O) groups excluding carboxylic acids is 1. The number of hydrogen-bond donors (Lipinski definition) is 2. The van der Waals surface area contributed by atoms with Gasteiger partial charge < -0.3 is 10.6 Å². The second-order valence-corrected chi connectivity index (χ2v) is 5.21. The van der Waals surface area contributed by atoms with Crippen LogP contribution in [0.2, 0.25) is 5.02 Å². The molecule has 1 aliphatic heterocycles. The van der Waals surface area contributed by atoms with Crippen molar-refractivity contribution in [3.05, 3.63) is 34.9 Å². The molecule has 1 atom stereocenters. The van der Waals surface area contributed by atoms with Crippen LogP contribution in [-0.2, 0) is 11.2 Å². The first-order chi connectivity index (χ1) is 8.74. The minimum absolute atomic E-state index is 0.0750. The van der Waals surface area contributed by atoms with Gasteiger partial charge in [-0.2, -0.15) is 0 Å². The molecular weight excluding hydrogens is 248 g/mol. The van der Waals surface area contributed by atoms with Gasteiger partial charge in [0.15, 0.2) is 0 Å². The quantitative estimate of drug-likeness (QED) is 0.880. The molecule has 2 N–H and O–H groups in total. The van der Waals surface area contributed by atoms with Crippen LogP contribution in [0.3, 0.4) is 0 Å². The van der Waals surface area contributed by atoms with E-state index in [2.05, 4.69) is 10.6 Å². The summed E-state index contributed by atoms with van der Waals surface area (Å²) in [6.45, 7) is 1.93. The van der Waals surface area contributed by atoms with Gasteiger partial charge in [0.25, 0.3) is 0 Å². The van der Waals surface area contributed by atoms with Gasteiger partial charge in [0.2, 0.25) is 5.91 Å². The van der Waals surface area contributed by atoms with E-state index >= 15 is 0 Å². The predicted molar refractivity (Wildman–Crippen MR) is 73.8 cm³/mol. The minimum Gasteiger partial charge on any atom is -0.352 e. The average Bonchev–Trinajstić information content (AvgIpc) is 2.57. The molecule has 1 unspecified atom stereocenters. The molecule has 18 heavy (non-hydrogen) atoms. The van der Waals surface area contributed by atoms with E-state index in [1.165, 1.54) is 12.8 Å². The van der Waals surface area contributed by atoms with Crippen LogP contribution in [0.4, 0.5) is 0 Å². The summed E-state index contributed by atoms with van der Waals surface area (Å²) in [6, 6.07) is 7.72. The summed E-state index contributed by atoms with van der Waals surface area (Å²) in [4.78, 5) is 11.9. The Labute approximate surface area is 113 Å². The molecule has 0 spiro atoms. The summed E-state index contributed by atoms with van der Waals surface area (Å²) in [5, 5.41) is 7.10. The summed E-state index contributed by atoms with van der Waals surface area (Å²) < 4.78 is 0. The van der Waals surface area contributed by atoms with E-state index in [1.54, 1.807) is 0 Å². The van der Waals surface area contributed by atoms with Gasteiger partial charge in [-0.1, -0.05) is 30.2 Å². The number of amides is 1. The van der Waals surface area contributed by atoms with Gasteiger partial charge in [-0.05, 0) is 37.1 Å². The molecule has 4 heteroatoms. The highest BCUT2D eigenvalue weighted by molar-refractivity contribution is 6.30. The topological polar surface area (TPSA) is 41.1 Å². The molecule has 1 saturated heterocycles. The Morgan fingerprint density at radius 2 is 2.33 bits per heavy atom. The molecule has 1 aromatic carbocycles. The number of nitrogens with one attached hydrogen (secondary N) is 2. The van der Waals surface area contributed by atoms with Crippen molar-refractivity contribution in [3.8, 4) is 0 Å². The largest absolute Gasteiger partial charge is 0.352 e. The van der Waals surface area contributed by atoms with Crippen molar-refractivity contribution in [1.29, 1.82) is 0 Å². The van der Waals surface area contributed by atoms with Gasteiger partial charge in [-0.15, -0.1) is 0 Å². The second-order valence-electron chi connectivity index (χ2n) is 4.77. The summed E-state index contributed by atoms with van der Waals surface area (Å²) in [5.41, 5.74) is 0.960. The lowest BCUT2D eigenvalue weighted by atomic mass is 10.1. The van der Waals surface area contributed by atoms with Crippen LogP contribution >= 0.6 is 11.6 Å². The van der Waals surface area contributed by atoms with Gasteiger partial charge in [0.05, 0.1) is 6.42 Å². The molecule has 98 valence electrons. The molecule has 0 radical (unpaired) electrons. The fourth-order valence-electron chi connectivity index (χ4n) is 2.25. The van der Waals surface area contributed by atoms with Gasteiger partial charge in [-0.25, -0.2) is 0 Å². The Kier molecular flexibility index (Phi) is 5.02. The maximum absolute atomic E-state index is 11.9. The van der Waals surface area contributed by atoms with Crippen LogP contribution in [0.15, 0.2) is 24.3 Å². The lowest BCUT2D eigenvalue weighted by Crippen LogP contribution is -2.41. The highest BCUT2D eigenvalue weighted by Crippen LogP contribution is 2.11. The summed E-state index contributed by atoms with van der Waals surface area (Å²) in [5.74, 6) is 0.0750. The lowest BCUT2D eigenvalue weighted by Gasteiger charge is -2.16. The van der Waals surface area contributed by atoms with Crippen LogP contribution < -0.4 is 10.6 Å². The van der Waals surface area contributed by atoms with Crippen molar-refractivity contribution in [2.45, 2.75) is 31.7 Å². The van der Waals surface area contributed by atoms with Crippen molar-refractivity contribution in [1.82, 2.24) is 10.6 Å².